The van der Waals surface area contributed by atoms with Crippen LogP contribution in [-0.2, 0) is 20.7 Å². The molecule has 0 aliphatic heterocycles. The lowest BCUT2D eigenvalue weighted by Crippen LogP contribution is -2.54. The van der Waals surface area contributed by atoms with Gasteiger partial charge in [-0.2, -0.15) is 0 Å². The van der Waals surface area contributed by atoms with E-state index >= 15 is 0 Å². The fraction of sp³-hybridized carbons (Fsp3) is 0.528. The summed E-state index contributed by atoms with van der Waals surface area (Å²) in [7, 11) is 0. The van der Waals surface area contributed by atoms with E-state index in [0.717, 1.165) is 56.9 Å². The number of unbranched alkanes of at least 4 members (excludes halogenated alkanes) is 6. The van der Waals surface area contributed by atoms with Crippen LogP contribution in [-0.4, -0.2) is 47.5 Å². The van der Waals surface area contributed by atoms with E-state index in [1.54, 1.807) is 37.8 Å². The monoisotopic (exact) mass is 589 g/mol. The minimum absolute atomic E-state index is 0.248. The highest BCUT2D eigenvalue weighted by molar-refractivity contribution is 5.92. The summed E-state index contributed by atoms with van der Waals surface area (Å²) in [5.41, 5.74) is 1.52. The maximum absolute atomic E-state index is 14.5. The Bertz CT molecular complexity index is 1170. The van der Waals surface area contributed by atoms with Crippen molar-refractivity contribution < 1.29 is 19.1 Å². The highest BCUT2D eigenvalue weighted by Gasteiger charge is 2.36. The van der Waals surface area contributed by atoms with Gasteiger partial charge in [0.25, 0.3) is 0 Å². The highest BCUT2D eigenvalue weighted by atomic mass is 16.6. The number of benzene rings is 2. The van der Waals surface area contributed by atoms with E-state index in [4.69, 9.17) is 11.2 Å². The number of rotatable bonds is 17. The SMILES string of the molecule is C#Cc1ccc(C(C(=O)NCCCCC)N(CCCCCCC)C(=O)C(Cc2ccccc2)NC(=O)OC(C)(C)C)cc1. The van der Waals surface area contributed by atoms with Gasteiger partial charge in [0.1, 0.15) is 17.7 Å². The van der Waals surface area contributed by atoms with Crippen LogP contribution >= 0.6 is 0 Å². The maximum atomic E-state index is 14.5. The van der Waals surface area contributed by atoms with Crippen molar-refractivity contribution in [3.63, 3.8) is 0 Å². The number of nitrogens with zero attached hydrogens (tertiary/aromatic N) is 1. The van der Waals surface area contributed by atoms with Crippen LogP contribution in [0, 0.1) is 12.3 Å². The molecule has 234 valence electrons. The van der Waals surface area contributed by atoms with Crippen molar-refractivity contribution in [2.24, 2.45) is 0 Å². The number of hydrogen-bond acceptors (Lipinski definition) is 4. The van der Waals surface area contributed by atoms with Crippen LogP contribution in [0.25, 0.3) is 0 Å². The number of carbonyl (C=O) groups is 3. The molecule has 3 amide bonds. The molecule has 0 aliphatic rings. The Labute approximate surface area is 259 Å². The Balaban J connectivity index is 2.52. The number of hydrogen-bond donors (Lipinski definition) is 2. The maximum Gasteiger partial charge on any atom is 0.408 e. The average Bonchev–Trinajstić information content (AvgIpc) is 2.97. The van der Waals surface area contributed by atoms with E-state index in [1.807, 2.05) is 42.5 Å². The normalized spacial score (nSPS) is 12.5. The fourth-order valence-corrected chi connectivity index (χ4v) is 4.87. The molecule has 2 N–H and O–H groups in total. The molecule has 2 aromatic carbocycles. The van der Waals surface area contributed by atoms with E-state index in [0.29, 0.717) is 24.2 Å². The van der Waals surface area contributed by atoms with Crippen LogP contribution < -0.4 is 10.6 Å². The van der Waals surface area contributed by atoms with Gasteiger partial charge in [0.15, 0.2) is 0 Å². The minimum atomic E-state index is -0.937. The second-order valence-electron chi connectivity index (χ2n) is 12.0. The smallest absolute Gasteiger partial charge is 0.408 e. The van der Waals surface area contributed by atoms with Crippen LogP contribution in [0.1, 0.15) is 109 Å². The fourth-order valence-electron chi connectivity index (χ4n) is 4.87. The molecule has 0 aliphatic carbocycles. The molecule has 0 spiro atoms. The molecule has 43 heavy (non-hydrogen) atoms. The molecule has 7 heteroatoms. The van der Waals surface area contributed by atoms with Crippen molar-refractivity contribution in [3.8, 4) is 12.3 Å². The molecule has 2 atom stereocenters. The number of carbonyl (C=O) groups excluding carboxylic acids is 3. The zero-order valence-corrected chi connectivity index (χ0v) is 26.8. The minimum Gasteiger partial charge on any atom is -0.444 e. The Morgan fingerprint density at radius 1 is 0.884 bits per heavy atom. The van der Waals surface area contributed by atoms with E-state index in [-0.39, 0.29) is 18.2 Å². The summed E-state index contributed by atoms with van der Waals surface area (Å²) >= 11 is 0. The topological polar surface area (TPSA) is 87.7 Å². The zero-order chi connectivity index (χ0) is 31.7. The predicted molar refractivity (Wildman–Crippen MR) is 173 cm³/mol. The van der Waals surface area contributed by atoms with Crippen molar-refractivity contribution in [1.82, 2.24) is 15.5 Å². The van der Waals surface area contributed by atoms with Crippen molar-refractivity contribution in [3.05, 3.63) is 71.3 Å². The largest absolute Gasteiger partial charge is 0.444 e. The van der Waals surface area contributed by atoms with Crippen molar-refractivity contribution in [2.45, 2.75) is 110 Å². The van der Waals surface area contributed by atoms with E-state index in [2.05, 4.69) is 30.4 Å². The summed E-state index contributed by atoms with van der Waals surface area (Å²) in [6.07, 6.45) is 13.0. The summed E-state index contributed by atoms with van der Waals surface area (Å²) in [5.74, 6) is 2.04. The molecule has 2 rings (SSSR count). The number of ether oxygens (including phenoxy) is 1. The third-order valence-electron chi connectivity index (χ3n) is 7.09. The molecule has 2 unspecified atom stereocenters. The Morgan fingerprint density at radius 3 is 2.12 bits per heavy atom. The number of nitrogens with one attached hydrogen (secondary N) is 2. The second kappa shape index (κ2) is 18.7. The highest BCUT2D eigenvalue weighted by Crippen LogP contribution is 2.25. The third kappa shape index (κ3) is 12.9. The second-order valence-corrected chi connectivity index (χ2v) is 12.0. The van der Waals surface area contributed by atoms with Crippen molar-refractivity contribution in [1.29, 1.82) is 0 Å². The van der Waals surface area contributed by atoms with Gasteiger partial charge in [-0.3, -0.25) is 9.59 Å². The summed E-state index contributed by atoms with van der Waals surface area (Å²) in [6.45, 7) is 10.5. The number of amides is 3. The Hall–Kier alpha value is -3.79. The zero-order valence-electron chi connectivity index (χ0n) is 26.8. The van der Waals surface area contributed by atoms with Gasteiger partial charge >= 0.3 is 6.09 Å². The predicted octanol–water partition coefficient (Wildman–Crippen LogP) is 6.95. The van der Waals surface area contributed by atoms with E-state index < -0.39 is 23.8 Å². The Kier molecular flexibility index (Phi) is 15.4. The van der Waals surface area contributed by atoms with Crippen LogP contribution in [0.4, 0.5) is 4.79 Å². The lowest BCUT2D eigenvalue weighted by molar-refractivity contribution is -0.142. The van der Waals surface area contributed by atoms with Gasteiger partial charge < -0.3 is 20.3 Å². The molecule has 0 fully saturated rings. The summed E-state index contributed by atoms with van der Waals surface area (Å²) < 4.78 is 5.54. The van der Waals surface area contributed by atoms with Gasteiger partial charge in [-0.05, 0) is 56.9 Å². The summed E-state index contributed by atoms with van der Waals surface area (Å²) in [4.78, 5) is 43.0. The molecular weight excluding hydrogens is 538 g/mol. The van der Waals surface area contributed by atoms with Gasteiger partial charge in [0.05, 0.1) is 0 Å². The average molecular weight is 590 g/mol. The standard InChI is InChI=1S/C36H51N3O4/c1-7-10-12-13-18-26-39(32(33(40)37-25-17-11-8-2)30-23-21-28(9-3)22-24-30)34(41)31(27-29-19-15-14-16-20-29)38-35(42)43-36(4,5)6/h3,14-16,19-24,31-32H,7-8,10-13,17-18,25-27H2,1-2,4-6H3,(H,37,40)(H,38,42). The first-order chi connectivity index (χ1) is 20.6. The quantitative estimate of drug-likeness (QED) is 0.154. The van der Waals surface area contributed by atoms with Gasteiger partial charge in [-0.1, -0.05) is 101 Å². The van der Waals surface area contributed by atoms with Gasteiger partial charge in [-0.15, -0.1) is 6.42 Å². The third-order valence-corrected chi connectivity index (χ3v) is 7.09. The molecule has 7 nitrogen and oxygen atoms in total. The molecule has 0 saturated carbocycles. The molecule has 0 aromatic heterocycles. The first-order valence-corrected chi connectivity index (χ1v) is 15.8. The molecule has 0 saturated heterocycles. The number of alkyl carbamates (subject to hydrolysis) is 1. The molecule has 0 radical (unpaired) electrons. The van der Waals surface area contributed by atoms with Crippen molar-refractivity contribution in [2.75, 3.05) is 13.1 Å². The number of terminal acetylenes is 1. The van der Waals surface area contributed by atoms with Gasteiger partial charge in [0, 0.05) is 25.1 Å². The van der Waals surface area contributed by atoms with E-state index in [1.165, 1.54) is 0 Å². The molecular formula is C36H51N3O4. The Morgan fingerprint density at radius 2 is 1.51 bits per heavy atom. The lowest BCUT2D eigenvalue weighted by Gasteiger charge is -2.35. The molecule has 2 aromatic rings. The lowest BCUT2D eigenvalue weighted by atomic mass is 9.98. The summed E-state index contributed by atoms with van der Waals surface area (Å²) in [6, 6.07) is 14.9. The van der Waals surface area contributed by atoms with Gasteiger partial charge in [0.2, 0.25) is 11.8 Å². The first-order valence-electron chi connectivity index (χ1n) is 15.8. The van der Waals surface area contributed by atoms with Crippen LogP contribution in [0.3, 0.4) is 0 Å². The summed E-state index contributed by atoms with van der Waals surface area (Å²) in [5, 5.41) is 5.89. The van der Waals surface area contributed by atoms with Crippen LogP contribution in [0.5, 0.6) is 0 Å². The van der Waals surface area contributed by atoms with Gasteiger partial charge in [-0.25, -0.2) is 4.79 Å². The van der Waals surface area contributed by atoms with Crippen molar-refractivity contribution >= 4 is 17.9 Å². The molecule has 0 bridgehead atoms. The van der Waals surface area contributed by atoms with E-state index in [9.17, 15) is 14.4 Å². The van der Waals surface area contributed by atoms with Crippen LogP contribution in [0.2, 0.25) is 0 Å². The first kappa shape index (κ1) is 35.4. The molecule has 0 heterocycles. The van der Waals surface area contributed by atoms with Crippen LogP contribution in [0.15, 0.2) is 54.6 Å².